The first-order valence-corrected chi connectivity index (χ1v) is 5.97. The molecule has 1 fully saturated rings. The van der Waals surface area contributed by atoms with Gasteiger partial charge in [-0.2, -0.15) is 0 Å². The molecule has 0 heterocycles. The molecular weight excluding hydrogens is 312 g/mol. The number of alkyl halides is 2. The molecule has 0 aromatic carbocycles. The Hall–Kier alpha value is 0.170. The molecule has 1 aliphatic carbocycles. The third-order valence-electron chi connectivity index (χ3n) is 2.99. The summed E-state index contributed by atoms with van der Waals surface area (Å²) in [5, 5.41) is 9.19. The second-order valence-corrected chi connectivity index (χ2v) is 6.96. The van der Waals surface area contributed by atoms with Crippen molar-refractivity contribution in [1.29, 1.82) is 0 Å². The predicted octanol–water partition coefficient (Wildman–Crippen LogP) is 3.34. The Bertz CT molecular complexity index is 318. The molecule has 0 radical (unpaired) electrons. The maximum Gasteiger partial charge on any atom is 0.322 e. The van der Waals surface area contributed by atoms with Gasteiger partial charge < -0.3 is 5.11 Å². The van der Waals surface area contributed by atoms with E-state index in [2.05, 4.69) is 31.9 Å². The second-order valence-electron chi connectivity index (χ2n) is 4.52. The molecule has 0 amide bonds. The molecular formula is C10H14Br2O2. The molecule has 0 aromatic heterocycles. The summed E-state index contributed by atoms with van der Waals surface area (Å²) in [7, 11) is 0. The van der Waals surface area contributed by atoms with Gasteiger partial charge in [-0.05, 0) is 13.8 Å². The van der Waals surface area contributed by atoms with E-state index in [0.29, 0.717) is 0 Å². The van der Waals surface area contributed by atoms with E-state index in [1.54, 1.807) is 0 Å². The van der Waals surface area contributed by atoms with Crippen molar-refractivity contribution < 1.29 is 9.90 Å². The Balaban J connectivity index is 3.18. The highest BCUT2D eigenvalue weighted by Crippen LogP contribution is 2.75. The monoisotopic (exact) mass is 324 g/mol. The maximum atomic E-state index is 11.2. The summed E-state index contributed by atoms with van der Waals surface area (Å²) in [5.74, 6) is -0.822. The molecule has 14 heavy (non-hydrogen) atoms. The van der Waals surface area contributed by atoms with E-state index >= 15 is 0 Å². The van der Waals surface area contributed by atoms with Gasteiger partial charge in [0.25, 0.3) is 0 Å². The molecule has 1 N–H and O–H groups in total. The van der Waals surface area contributed by atoms with Gasteiger partial charge in [0.2, 0.25) is 0 Å². The molecule has 1 rings (SSSR count). The largest absolute Gasteiger partial charge is 0.480 e. The quantitative estimate of drug-likeness (QED) is 0.624. The zero-order valence-electron chi connectivity index (χ0n) is 8.69. The highest BCUT2D eigenvalue weighted by molar-refractivity contribution is 9.13. The molecule has 0 bridgehead atoms. The number of rotatable bonds is 2. The van der Waals surface area contributed by atoms with Crippen LogP contribution in [0.5, 0.6) is 0 Å². The topological polar surface area (TPSA) is 37.3 Å². The zero-order valence-corrected chi connectivity index (χ0v) is 11.9. The van der Waals surface area contributed by atoms with E-state index in [0.717, 1.165) is 5.57 Å². The molecule has 2 unspecified atom stereocenters. The molecule has 80 valence electrons. The average molecular weight is 326 g/mol. The van der Waals surface area contributed by atoms with Crippen LogP contribution in [0, 0.1) is 5.41 Å². The van der Waals surface area contributed by atoms with E-state index in [1.165, 1.54) is 0 Å². The van der Waals surface area contributed by atoms with Gasteiger partial charge in [0.05, 0.1) is 4.32 Å². The van der Waals surface area contributed by atoms with Gasteiger partial charge >= 0.3 is 5.97 Å². The SMILES string of the molecule is CC(C)=CC1(Br)C(C)(C)C1(Br)C(=O)O. The average Bonchev–Trinajstić information content (AvgIpc) is 2.30. The summed E-state index contributed by atoms with van der Waals surface area (Å²) in [6, 6.07) is 0. The fourth-order valence-corrected chi connectivity index (χ4v) is 4.31. The lowest BCUT2D eigenvalue weighted by Gasteiger charge is -2.07. The lowest BCUT2D eigenvalue weighted by Crippen LogP contribution is -2.23. The van der Waals surface area contributed by atoms with Crippen molar-refractivity contribution in [3.8, 4) is 0 Å². The summed E-state index contributed by atoms with van der Waals surface area (Å²) in [5.41, 5.74) is 0.779. The van der Waals surface area contributed by atoms with Crippen LogP contribution in [0.15, 0.2) is 11.6 Å². The molecule has 0 spiro atoms. The summed E-state index contributed by atoms with van der Waals surface area (Å²) in [6.45, 7) is 7.80. The van der Waals surface area contributed by atoms with Crippen LogP contribution in [0.25, 0.3) is 0 Å². The molecule has 1 aliphatic rings. The lowest BCUT2D eigenvalue weighted by atomic mass is 10.1. The number of aliphatic carboxylic acids is 1. The van der Waals surface area contributed by atoms with Gasteiger partial charge in [0.1, 0.15) is 4.32 Å². The highest BCUT2D eigenvalue weighted by atomic mass is 79.9. The predicted molar refractivity (Wildman–Crippen MR) is 64.2 cm³/mol. The van der Waals surface area contributed by atoms with Gasteiger partial charge in [-0.25, -0.2) is 0 Å². The van der Waals surface area contributed by atoms with Crippen LogP contribution in [0.3, 0.4) is 0 Å². The Labute approximate surface area is 101 Å². The van der Waals surface area contributed by atoms with Crippen molar-refractivity contribution >= 4 is 37.8 Å². The minimum Gasteiger partial charge on any atom is -0.480 e. The Morgan fingerprint density at radius 2 is 1.71 bits per heavy atom. The molecule has 1 saturated carbocycles. The number of hydrogen-bond donors (Lipinski definition) is 1. The lowest BCUT2D eigenvalue weighted by molar-refractivity contribution is -0.137. The summed E-state index contributed by atoms with van der Waals surface area (Å²) >= 11 is 6.87. The number of carbonyl (C=O) groups is 1. The maximum absolute atomic E-state index is 11.2. The molecule has 0 saturated heterocycles. The number of allylic oxidation sites excluding steroid dienone is 2. The molecule has 4 heteroatoms. The van der Waals surface area contributed by atoms with Crippen LogP contribution in [-0.2, 0) is 4.79 Å². The van der Waals surface area contributed by atoms with Gasteiger partial charge in [0.15, 0.2) is 0 Å². The van der Waals surface area contributed by atoms with Crippen molar-refractivity contribution in [3.63, 3.8) is 0 Å². The Morgan fingerprint density at radius 3 is 1.93 bits per heavy atom. The Kier molecular flexibility index (Phi) is 2.69. The van der Waals surface area contributed by atoms with Gasteiger partial charge in [-0.3, -0.25) is 4.79 Å². The Morgan fingerprint density at radius 1 is 1.29 bits per heavy atom. The summed E-state index contributed by atoms with van der Waals surface area (Å²) < 4.78 is -1.39. The van der Waals surface area contributed by atoms with Crippen molar-refractivity contribution in [2.45, 2.75) is 36.3 Å². The minimum atomic E-state index is -0.899. The minimum absolute atomic E-state index is 0.330. The molecule has 0 aliphatic heterocycles. The number of carboxylic acid groups (broad SMARTS) is 1. The van der Waals surface area contributed by atoms with Crippen LogP contribution in [0.1, 0.15) is 27.7 Å². The first kappa shape index (κ1) is 12.2. The van der Waals surface area contributed by atoms with Crippen LogP contribution in [-0.4, -0.2) is 19.7 Å². The van der Waals surface area contributed by atoms with Crippen LogP contribution in [0.2, 0.25) is 0 Å². The normalized spacial score (nSPS) is 39.0. The fourth-order valence-electron chi connectivity index (χ4n) is 1.90. The highest BCUT2D eigenvalue weighted by Gasteiger charge is 2.84. The first-order chi connectivity index (χ1) is 6.11. The van der Waals surface area contributed by atoms with Crippen LogP contribution < -0.4 is 0 Å². The summed E-state index contributed by atoms with van der Waals surface area (Å²) in [4.78, 5) is 11.2. The zero-order chi connectivity index (χ0) is 11.4. The van der Waals surface area contributed by atoms with Crippen LogP contribution >= 0.6 is 31.9 Å². The van der Waals surface area contributed by atoms with Gasteiger partial charge in [-0.1, -0.05) is 57.4 Å². The summed E-state index contributed by atoms with van der Waals surface area (Å²) in [6.07, 6.45) is 1.97. The van der Waals surface area contributed by atoms with E-state index in [4.69, 9.17) is 0 Å². The van der Waals surface area contributed by atoms with Crippen LogP contribution in [0.4, 0.5) is 0 Å². The van der Waals surface area contributed by atoms with E-state index in [1.807, 2.05) is 33.8 Å². The van der Waals surface area contributed by atoms with Crippen molar-refractivity contribution in [3.05, 3.63) is 11.6 Å². The van der Waals surface area contributed by atoms with Gasteiger partial charge in [-0.15, -0.1) is 0 Å². The number of hydrogen-bond acceptors (Lipinski definition) is 1. The fraction of sp³-hybridized carbons (Fsp3) is 0.700. The molecule has 2 nitrogen and oxygen atoms in total. The van der Waals surface area contributed by atoms with E-state index in [9.17, 15) is 9.90 Å². The van der Waals surface area contributed by atoms with Crippen molar-refractivity contribution in [2.24, 2.45) is 5.41 Å². The first-order valence-electron chi connectivity index (χ1n) is 4.38. The van der Waals surface area contributed by atoms with E-state index < -0.39 is 14.6 Å². The molecule has 2 atom stereocenters. The van der Waals surface area contributed by atoms with Crippen molar-refractivity contribution in [1.82, 2.24) is 0 Å². The number of carboxylic acids is 1. The smallest absolute Gasteiger partial charge is 0.322 e. The van der Waals surface area contributed by atoms with E-state index in [-0.39, 0.29) is 5.41 Å². The van der Waals surface area contributed by atoms with Gasteiger partial charge in [0, 0.05) is 5.41 Å². The van der Waals surface area contributed by atoms with Crippen molar-refractivity contribution in [2.75, 3.05) is 0 Å². The third-order valence-corrected chi connectivity index (χ3v) is 7.29. The number of halogens is 2. The molecule has 0 aromatic rings. The second kappa shape index (κ2) is 3.08. The third kappa shape index (κ3) is 1.16. The standard InChI is InChI=1S/C10H14Br2O2/c1-6(2)5-9(11)8(3,4)10(9,12)7(13)14/h5H,1-4H3,(H,13,14).